The van der Waals surface area contributed by atoms with Crippen molar-refractivity contribution in [1.82, 2.24) is 4.98 Å². The topological polar surface area (TPSA) is 59.3 Å². The van der Waals surface area contributed by atoms with Gasteiger partial charge in [0.25, 0.3) is 0 Å². The van der Waals surface area contributed by atoms with Crippen molar-refractivity contribution in [2.24, 2.45) is 11.8 Å². The number of hydrogen-bond donors (Lipinski definition) is 0. The van der Waals surface area contributed by atoms with Crippen LogP contribution in [0.4, 0.5) is 11.5 Å². The molecule has 0 saturated carbocycles. The van der Waals surface area contributed by atoms with Crippen molar-refractivity contribution in [3.05, 3.63) is 28.4 Å². The third-order valence-electron chi connectivity index (χ3n) is 3.13. The molecule has 0 radical (unpaired) electrons. The van der Waals surface area contributed by atoms with Gasteiger partial charge >= 0.3 is 5.69 Å². The summed E-state index contributed by atoms with van der Waals surface area (Å²) in [5, 5.41) is 11.0. The van der Waals surface area contributed by atoms with Crippen LogP contribution in [-0.2, 0) is 0 Å². The number of hydrogen-bond acceptors (Lipinski definition) is 4. The van der Waals surface area contributed by atoms with Crippen LogP contribution >= 0.6 is 0 Å². The Morgan fingerprint density at radius 3 is 2.65 bits per heavy atom. The van der Waals surface area contributed by atoms with Crippen molar-refractivity contribution in [2.75, 3.05) is 18.0 Å². The predicted molar refractivity (Wildman–Crippen MR) is 66.0 cm³/mol. The molecule has 0 spiro atoms. The average molecular weight is 235 g/mol. The van der Waals surface area contributed by atoms with Gasteiger partial charge in [0.2, 0.25) is 5.82 Å². The highest BCUT2D eigenvalue weighted by Crippen LogP contribution is 2.30. The summed E-state index contributed by atoms with van der Waals surface area (Å²) in [6.45, 7) is 6.05. The molecule has 1 aliphatic heterocycles. The Hall–Kier alpha value is -1.65. The van der Waals surface area contributed by atoms with E-state index in [9.17, 15) is 10.1 Å². The van der Waals surface area contributed by atoms with Gasteiger partial charge < -0.3 is 4.90 Å². The van der Waals surface area contributed by atoms with E-state index in [1.165, 1.54) is 12.5 Å². The van der Waals surface area contributed by atoms with E-state index < -0.39 is 0 Å². The number of nitrogens with zero attached hydrogens (tertiary/aromatic N) is 3. The second kappa shape index (κ2) is 4.69. The molecule has 2 unspecified atom stereocenters. The maximum absolute atomic E-state index is 11.0. The van der Waals surface area contributed by atoms with E-state index in [-0.39, 0.29) is 10.6 Å². The van der Waals surface area contributed by atoms with Crippen molar-refractivity contribution >= 4 is 11.5 Å². The largest absolute Gasteiger partial charge is 0.350 e. The van der Waals surface area contributed by atoms with Gasteiger partial charge in [-0.25, -0.2) is 4.98 Å². The van der Waals surface area contributed by atoms with Gasteiger partial charge in [0.1, 0.15) is 0 Å². The lowest BCUT2D eigenvalue weighted by atomic mass is 9.92. The highest BCUT2D eigenvalue weighted by atomic mass is 16.6. The molecular weight excluding hydrogens is 218 g/mol. The zero-order valence-electron chi connectivity index (χ0n) is 10.2. The zero-order valence-corrected chi connectivity index (χ0v) is 10.2. The molecule has 0 bridgehead atoms. The number of anilines is 1. The molecule has 2 rings (SSSR count). The highest BCUT2D eigenvalue weighted by Gasteiger charge is 2.27. The summed E-state index contributed by atoms with van der Waals surface area (Å²) in [5.74, 6) is 1.62. The maximum atomic E-state index is 11.0. The molecule has 0 aliphatic carbocycles. The normalized spacial score (nSPS) is 24.7. The molecule has 1 aromatic heterocycles. The number of rotatable bonds is 2. The van der Waals surface area contributed by atoms with Gasteiger partial charge in [-0.05, 0) is 24.3 Å². The van der Waals surface area contributed by atoms with Gasteiger partial charge in [0.05, 0.1) is 4.92 Å². The molecule has 5 heteroatoms. The third-order valence-corrected chi connectivity index (χ3v) is 3.13. The van der Waals surface area contributed by atoms with Crippen LogP contribution in [0.1, 0.15) is 20.3 Å². The summed E-state index contributed by atoms with van der Waals surface area (Å²) >= 11 is 0. The van der Waals surface area contributed by atoms with E-state index in [1.807, 2.05) is 4.90 Å². The molecule has 5 nitrogen and oxygen atoms in total. The van der Waals surface area contributed by atoms with Gasteiger partial charge in [-0.15, -0.1) is 0 Å². The second-order valence-corrected chi connectivity index (χ2v) is 4.95. The first-order chi connectivity index (χ1) is 8.08. The van der Waals surface area contributed by atoms with Crippen LogP contribution in [0, 0.1) is 22.0 Å². The van der Waals surface area contributed by atoms with Gasteiger partial charge in [0, 0.05) is 25.4 Å². The van der Waals surface area contributed by atoms with Crippen LogP contribution in [0.3, 0.4) is 0 Å². The van der Waals surface area contributed by atoms with Crippen molar-refractivity contribution in [1.29, 1.82) is 0 Å². The second-order valence-electron chi connectivity index (χ2n) is 4.95. The fourth-order valence-corrected chi connectivity index (χ4v) is 2.61. The van der Waals surface area contributed by atoms with Crippen LogP contribution in [-0.4, -0.2) is 23.0 Å². The van der Waals surface area contributed by atoms with Crippen molar-refractivity contribution < 1.29 is 4.92 Å². The van der Waals surface area contributed by atoms with E-state index in [2.05, 4.69) is 18.8 Å². The molecule has 0 N–H and O–H groups in total. The number of piperidine rings is 1. The number of nitro groups is 1. The Kier molecular flexibility index (Phi) is 3.26. The Morgan fingerprint density at radius 1 is 1.41 bits per heavy atom. The van der Waals surface area contributed by atoms with E-state index >= 15 is 0 Å². The summed E-state index contributed by atoms with van der Waals surface area (Å²) in [5.41, 5.74) is 0.105. The fourth-order valence-electron chi connectivity index (χ4n) is 2.61. The van der Waals surface area contributed by atoms with Gasteiger partial charge in [-0.2, -0.15) is 0 Å². The molecule has 0 amide bonds. The average Bonchev–Trinajstić information content (AvgIpc) is 2.27. The third kappa shape index (κ3) is 2.54. The summed E-state index contributed by atoms with van der Waals surface area (Å²) in [4.78, 5) is 16.8. The first-order valence-corrected chi connectivity index (χ1v) is 5.92. The SMILES string of the molecule is CC1CC(C)CN(c2ncccc2[N+](=O)[O-])C1. The minimum Gasteiger partial charge on any atom is -0.350 e. The fraction of sp³-hybridized carbons (Fsp3) is 0.583. The lowest BCUT2D eigenvalue weighted by Gasteiger charge is -2.35. The first-order valence-electron chi connectivity index (χ1n) is 5.92. The molecule has 1 aromatic rings. The van der Waals surface area contributed by atoms with Crippen molar-refractivity contribution in [3.8, 4) is 0 Å². The number of aromatic nitrogens is 1. The smallest absolute Gasteiger partial charge is 0.311 e. The van der Waals surface area contributed by atoms with E-state index in [0.29, 0.717) is 17.7 Å². The monoisotopic (exact) mass is 235 g/mol. The standard InChI is InChI=1S/C12H17N3O2/c1-9-6-10(2)8-14(7-9)12-11(15(16)17)4-3-5-13-12/h3-5,9-10H,6-8H2,1-2H3. The number of pyridine rings is 1. The van der Waals surface area contributed by atoms with Crippen LogP contribution in [0.15, 0.2) is 18.3 Å². The Morgan fingerprint density at radius 2 is 2.06 bits per heavy atom. The molecule has 2 heterocycles. The maximum Gasteiger partial charge on any atom is 0.311 e. The minimum absolute atomic E-state index is 0.105. The zero-order chi connectivity index (χ0) is 12.4. The molecule has 92 valence electrons. The first kappa shape index (κ1) is 11.8. The quantitative estimate of drug-likeness (QED) is 0.583. The predicted octanol–water partition coefficient (Wildman–Crippen LogP) is 2.47. The Labute approximate surface area is 101 Å². The lowest BCUT2D eigenvalue weighted by molar-refractivity contribution is -0.384. The van der Waals surface area contributed by atoms with Gasteiger partial charge in [-0.3, -0.25) is 10.1 Å². The van der Waals surface area contributed by atoms with Crippen LogP contribution in [0.5, 0.6) is 0 Å². The Balaban J connectivity index is 2.30. The molecule has 2 atom stereocenters. The summed E-state index contributed by atoms with van der Waals surface area (Å²) in [6, 6.07) is 3.13. The van der Waals surface area contributed by atoms with Crippen LogP contribution < -0.4 is 4.90 Å². The summed E-state index contributed by atoms with van der Waals surface area (Å²) < 4.78 is 0. The molecule has 1 aliphatic rings. The Bertz CT molecular complexity index is 412. The van der Waals surface area contributed by atoms with Crippen LogP contribution in [0.25, 0.3) is 0 Å². The minimum atomic E-state index is -0.355. The van der Waals surface area contributed by atoms with Crippen LogP contribution in [0.2, 0.25) is 0 Å². The van der Waals surface area contributed by atoms with E-state index in [1.54, 1.807) is 12.3 Å². The molecule has 1 saturated heterocycles. The molecular formula is C12H17N3O2. The van der Waals surface area contributed by atoms with Gasteiger partial charge in [-0.1, -0.05) is 13.8 Å². The van der Waals surface area contributed by atoms with Crippen molar-refractivity contribution in [3.63, 3.8) is 0 Å². The summed E-state index contributed by atoms with van der Waals surface area (Å²) in [7, 11) is 0. The molecule has 0 aromatic carbocycles. The highest BCUT2D eigenvalue weighted by molar-refractivity contribution is 5.57. The molecule has 1 fully saturated rings. The van der Waals surface area contributed by atoms with E-state index in [4.69, 9.17) is 0 Å². The van der Waals surface area contributed by atoms with Gasteiger partial charge in [0.15, 0.2) is 0 Å². The van der Waals surface area contributed by atoms with Crippen molar-refractivity contribution in [2.45, 2.75) is 20.3 Å². The van der Waals surface area contributed by atoms with E-state index in [0.717, 1.165) is 13.1 Å². The molecule has 17 heavy (non-hydrogen) atoms. The summed E-state index contributed by atoms with van der Waals surface area (Å²) in [6.07, 6.45) is 2.80. The lowest BCUT2D eigenvalue weighted by Crippen LogP contribution is -2.39.